The number of hydrogen-bond donors (Lipinski definition) is 1. The van der Waals surface area contributed by atoms with Crippen LogP contribution in [0, 0.1) is 0 Å². The largest absolute Gasteiger partial charge is 0.491 e. The molecule has 2 aromatic carbocycles. The van der Waals surface area contributed by atoms with Gasteiger partial charge in [0, 0.05) is 4.91 Å². The SMILES string of the molecule is COC(=O)c1ccc(OC[C@@H](O)[C@H](N=[N+]=[N-])c2ccccc2)cc1. The van der Waals surface area contributed by atoms with Crippen LogP contribution < -0.4 is 4.74 Å². The standard InChI is InChI=1S/C17H17N3O4/c1-23-17(22)13-7-9-14(10-8-13)24-11-15(21)16(19-20-18)12-5-3-2-4-6-12/h2-10,15-16,21H,11H2,1H3/t15-,16-/m1/s1. The van der Waals surface area contributed by atoms with E-state index in [4.69, 9.17) is 10.3 Å². The average Bonchev–Trinajstić information content (AvgIpc) is 2.64. The zero-order valence-corrected chi connectivity index (χ0v) is 13.1. The van der Waals surface area contributed by atoms with Gasteiger partial charge < -0.3 is 14.6 Å². The Balaban J connectivity index is 2.01. The van der Waals surface area contributed by atoms with Crippen molar-refractivity contribution >= 4 is 5.97 Å². The van der Waals surface area contributed by atoms with Crippen molar-refractivity contribution in [1.82, 2.24) is 0 Å². The first-order valence-corrected chi connectivity index (χ1v) is 7.24. The second-order valence-electron chi connectivity index (χ2n) is 4.95. The van der Waals surface area contributed by atoms with Crippen LogP contribution in [0.3, 0.4) is 0 Å². The number of hydrogen-bond acceptors (Lipinski definition) is 5. The van der Waals surface area contributed by atoms with Crippen molar-refractivity contribution in [3.63, 3.8) is 0 Å². The van der Waals surface area contributed by atoms with Crippen LogP contribution in [0.25, 0.3) is 10.4 Å². The molecule has 0 aromatic heterocycles. The summed E-state index contributed by atoms with van der Waals surface area (Å²) in [6.45, 7) is -0.0594. The van der Waals surface area contributed by atoms with E-state index in [0.29, 0.717) is 16.9 Å². The number of carbonyl (C=O) groups is 1. The number of esters is 1. The number of rotatable bonds is 7. The molecule has 0 fully saturated rings. The van der Waals surface area contributed by atoms with Crippen LogP contribution in [0.4, 0.5) is 0 Å². The van der Waals surface area contributed by atoms with Gasteiger partial charge in [0.15, 0.2) is 0 Å². The van der Waals surface area contributed by atoms with Crippen LogP contribution in [-0.2, 0) is 4.74 Å². The molecule has 0 bridgehead atoms. The first-order chi connectivity index (χ1) is 11.7. The van der Waals surface area contributed by atoms with Crippen molar-refractivity contribution in [1.29, 1.82) is 0 Å². The van der Waals surface area contributed by atoms with E-state index in [1.165, 1.54) is 7.11 Å². The predicted molar refractivity (Wildman–Crippen MR) is 87.6 cm³/mol. The molecule has 0 saturated heterocycles. The normalized spacial score (nSPS) is 12.6. The Morgan fingerprint density at radius 1 is 1.21 bits per heavy atom. The summed E-state index contributed by atoms with van der Waals surface area (Å²) in [4.78, 5) is 14.1. The van der Waals surface area contributed by atoms with E-state index < -0.39 is 18.1 Å². The number of aliphatic hydroxyl groups excluding tert-OH is 1. The highest BCUT2D eigenvalue weighted by Gasteiger charge is 2.20. The van der Waals surface area contributed by atoms with Gasteiger partial charge in [-0.3, -0.25) is 0 Å². The van der Waals surface area contributed by atoms with Crippen LogP contribution >= 0.6 is 0 Å². The molecule has 0 aliphatic carbocycles. The minimum atomic E-state index is -1.01. The lowest BCUT2D eigenvalue weighted by Crippen LogP contribution is -2.24. The molecule has 7 nitrogen and oxygen atoms in total. The summed E-state index contributed by atoms with van der Waals surface area (Å²) in [6, 6.07) is 14.6. The van der Waals surface area contributed by atoms with Gasteiger partial charge in [0.2, 0.25) is 0 Å². The Morgan fingerprint density at radius 2 is 1.88 bits per heavy atom. The van der Waals surface area contributed by atoms with Crippen LogP contribution in [-0.4, -0.2) is 30.9 Å². The smallest absolute Gasteiger partial charge is 0.337 e. The van der Waals surface area contributed by atoms with E-state index >= 15 is 0 Å². The maximum atomic E-state index is 11.4. The third-order valence-corrected chi connectivity index (χ3v) is 3.38. The van der Waals surface area contributed by atoms with E-state index in [0.717, 1.165) is 0 Å². The van der Waals surface area contributed by atoms with Crippen molar-refractivity contribution in [2.45, 2.75) is 12.1 Å². The topological polar surface area (TPSA) is 105 Å². The van der Waals surface area contributed by atoms with Gasteiger partial charge in [-0.25, -0.2) is 4.79 Å². The van der Waals surface area contributed by atoms with Gasteiger partial charge >= 0.3 is 5.97 Å². The fraction of sp³-hybridized carbons (Fsp3) is 0.235. The van der Waals surface area contributed by atoms with Crippen molar-refractivity contribution in [2.24, 2.45) is 5.11 Å². The minimum absolute atomic E-state index is 0.0594. The van der Waals surface area contributed by atoms with Crippen molar-refractivity contribution in [2.75, 3.05) is 13.7 Å². The summed E-state index contributed by atoms with van der Waals surface area (Å²) in [5.41, 5.74) is 9.81. The maximum absolute atomic E-state index is 11.4. The predicted octanol–water partition coefficient (Wildman–Crippen LogP) is 3.26. The summed E-state index contributed by atoms with van der Waals surface area (Å²) < 4.78 is 10.1. The van der Waals surface area contributed by atoms with Crippen LogP contribution in [0.15, 0.2) is 59.7 Å². The molecule has 0 unspecified atom stereocenters. The Labute approximate surface area is 139 Å². The second-order valence-corrected chi connectivity index (χ2v) is 4.95. The minimum Gasteiger partial charge on any atom is -0.491 e. The van der Waals surface area contributed by atoms with E-state index in [1.807, 2.05) is 6.07 Å². The second kappa shape index (κ2) is 8.57. The van der Waals surface area contributed by atoms with Gasteiger partial charge in [-0.15, -0.1) is 0 Å². The van der Waals surface area contributed by atoms with Crippen molar-refractivity contribution in [3.8, 4) is 5.75 Å². The Bertz CT molecular complexity index is 712. The number of methoxy groups -OCH3 is 1. The number of benzene rings is 2. The van der Waals surface area contributed by atoms with Gasteiger partial charge in [-0.05, 0) is 35.4 Å². The Kier molecular flexibility index (Phi) is 6.19. The summed E-state index contributed by atoms with van der Waals surface area (Å²) in [6.07, 6.45) is -1.01. The van der Waals surface area contributed by atoms with Crippen molar-refractivity contribution < 1.29 is 19.4 Å². The molecule has 2 rings (SSSR count). The number of nitrogens with zero attached hydrogens (tertiary/aromatic N) is 3. The van der Waals surface area contributed by atoms with Gasteiger partial charge in [0.25, 0.3) is 0 Å². The lowest BCUT2D eigenvalue weighted by atomic mass is 10.0. The quantitative estimate of drug-likeness (QED) is 0.364. The average molecular weight is 327 g/mol. The van der Waals surface area contributed by atoms with Gasteiger partial charge in [0.05, 0.1) is 18.7 Å². The number of aliphatic hydroxyl groups is 1. The molecular formula is C17H17N3O4. The summed E-state index contributed by atoms with van der Waals surface area (Å²) in [5, 5.41) is 13.9. The molecule has 0 heterocycles. The molecule has 124 valence electrons. The molecule has 7 heteroatoms. The lowest BCUT2D eigenvalue weighted by Gasteiger charge is -2.19. The number of carbonyl (C=O) groups excluding carboxylic acids is 1. The first kappa shape index (κ1) is 17.3. The van der Waals surface area contributed by atoms with E-state index in [2.05, 4.69) is 14.8 Å². The number of azide groups is 1. The molecule has 0 aliphatic rings. The highest BCUT2D eigenvalue weighted by molar-refractivity contribution is 5.89. The van der Waals surface area contributed by atoms with Crippen LogP contribution in [0.5, 0.6) is 5.75 Å². The molecule has 0 spiro atoms. The third-order valence-electron chi connectivity index (χ3n) is 3.38. The molecule has 0 amide bonds. The van der Waals surface area contributed by atoms with Gasteiger partial charge in [-0.1, -0.05) is 35.4 Å². The molecule has 24 heavy (non-hydrogen) atoms. The highest BCUT2D eigenvalue weighted by atomic mass is 16.5. The fourth-order valence-electron chi connectivity index (χ4n) is 2.15. The summed E-state index contributed by atoms with van der Waals surface area (Å²) in [7, 11) is 1.31. The number of ether oxygens (including phenoxy) is 2. The Morgan fingerprint density at radius 3 is 2.46 bits per heavy atom. The monoisotopic (exact) mass is 327 g/mol. The zero-order valence-electron chi connectivity index (χ0n) is 13.1. The van der Waals surface area contributed by atoms with Gasteiger partial charge in [0.1, 0.15) is 18.5 Å². The zero-order chi connectivity index (χ0) is 17.4. The summed E-state index contributed by atoms with van der Waals surface area (Å²) in [5.74, 6) is 0.0449. The van der Waals surface area contributed by atoms with Crippen LogP contribution in [0.2, 0.25) is 0 Å². The van der Waals surface area contributed by atoms with Crippen molar-refractivity contribution in [3.05, 3.63) is 76.2 Å². The molecule has 0 aliphatic heterocycles. The molecule has 2 atom stereocenters. The highest BCUT2D eigenvalue weighted by Crippen LogP contribution is 2.23. The van der Waals surface area contributed by atoms with E-state index in [9.17, 15) is 9.90 Å². The summed E-state index contributed by atoms with van der Waals surface area (Å²) >= 11 is 0. The Hall–Kier alpha value is -3.02. The lowest BCUT2D eigenvalue weighted by molar-refractivity contribution is 0.0600. The first-order valence-electron chi connectivity index (χ1n) is 7.24. The van der Waals surface area contributed by atoms with E-state index in [-0.39, 0.29) is 6.61 Å². The third kappa shape index (κ3) is 4.49. The fourth-order valence-corrected chi connectivity index (χ4v) is 2.15. The molecule has 2 aromatic rings. The molecular weight excluding hydrogens is 310 g/mol. The van der Waals surface area contributed by atoms with Crippen LogP contribution in [0.1, 0.15) is 22.0 Å². The molecule has 1 N–H and O–H groups in total. The molecule has 0 saturated carbocycles. The molecule has 0 radical (unpaired) electrons. The maximum Gasteiger partial charge on any atom is 0.337 e. The van der Waals surface area contributed by atoms with Gasteiger partial charge in [-0.2, -0.15) is 0 Å². The van der Waals surface area contributed by atoms with E-state index in [1.54, 1.807) is 48.5 Å².